The van der Waals surface area contributed by atoms with Crippen molar-refractivity contribution >= 4 is 16.8 Å². The maximum Gasteiger partial charge on any atom is 0.414 e. The minimum Gasteiger partial charge on any atom is -0.358 e. The van der Waals surface area contributed by atoms with Crippen LogP contribution in [-0.2, 0) is 0 Å². The fourth-order valence-electron chi connectivity index (χ4n) is 2.46. The van der Waals surface area contributed by atoms with Gasteiger partial charge in [0.25, 0.3) is 5.91 Å². The van der Waals surface area contributed by atoms with Crippen molar-refractivity contribution in [2.24, 2.45) is 0 Å². The Morgan fingerprint density at radius 1 is 1.15 bits per heavy atom. The fourth-order valence-corrected chi connectivity index (χ4v) is 2.46. The van der Waals surface area contributed by atoms with Gasteiger partial charge in [0, 0.05) is 17.8 Å². The highest BCUT2D eigenvalue weighted by Gasteiger charge is 2.43. The van der Waals surface area contributed by atoms with Gasteiger partial charge in [-0.05, 0) is 24.3 Å². The second-order valence-corrected chi connectivity index (χ2v) is 5.40. The van der Waals surface area contributed by atoms with Crippen LogP contribution in [0.1, 0.15) is 22.1 Å². The van der Waals surface area contributed by atoms with Crippen molar-refractivity contribution in [2.75, 3.05) is 0 Å². The molecule has 0 saturated heterocycles. The molecule has 0 aliphatic heterocycles. The third-order valence-electron chi connectivity index (χ3n) is 3.69. The SMILES string of the molecule is O=C(N[C@@H](c1ccccn1)C(F)(F)F)c1c[nH]c2c(F)cccc2c1=O. The van der Waals surface area contributed by atoms with Crippen LogP contribution < -0.4 is 10.7 Å². The number of halogens is 4. The Labute approximate surface area is 143 Å². The van der Waals surface area contributed by atoms with E-state index in [0.29, 0.717) is 0 Å². The number of pyridine rings is 2. The Hall–Kier alpha value is -3.23. The molecule has 2 heterocycles. The van der Waals surface area contributed by atoms with Crippen LogP contribution in [0.25, 0.3) is 10.9 Å². The van der Waals surface area contributed by atoms with Gasteiger partial charge in [0.05, 0.1) is 11.2 Å². The molecule has 2 aromatic heterocycles. The first-order valence-corrected chi connectivity index (χ1v) is 7.37. The van der Waals surface area contributed by atoms with E-state index in [0.717, 1.165) is 24.5 Å². The van der Waals surface area contributed by atoms with E-state index in [4.69, 9.17) is 0 Å². The lowest BCUT2D eigenvalue weighted by molar-refractivity contribution is -0.156. The van der Waals surface area contributed by atoms with Gasteiger partial charge in [0.15, 0.2) is 6.04 Å². The molecule has 0 radical (unpaired) electrons. The molecule has 1 aromatic carbocycles. The molecule has 2 N–H and O–H groups in total. The highest BCUT2D eigenvalue weighted by molar-refractivity contribution is 5.97. The molecule has 0 aliphatic rings. The first kappa shape index (κ1) is 17.6. The van der Waals surface area contributed by atoms with E-state index in [-0.39, 0.29) is 10.9 Å². The largest absolute Gasteiger partial charge is 0.414 e. The minimum absolute atomic E-state index is 0.133. The van der Waals surface area contributed by atoms with Gasteiger partial charge in [-0.15, -0.1) is 0 Å². The number of fused-ring (bicyclic) bond motifs is 1. The summed E-state index contributed by atoms with van der Waals surface area (Å²) in [4.78, 5) is 30.7. The molecule has 0 saturated carbocycles. The third-order valence-corrected chi connectivity index (χ3v) is 3.69. The van der Waals surface area contributed by atoms with E-state index in [1.165, 1.54) is 24.3 Å². The smallest absolute Gasteiger partial charge is 0.358 e. The molecule has 5 nitrogen and oxygen atoms in total. The molecule has 0 unspecified atom stereocenters. The summed E-state index contributed by atoms with van der Waals surface area (Å²) in [7, 11) is 0. The van der Waals surface area contributed by atoms with Gasteiger partial charge in [0.1, 0.15) is 11.4 Å². The predicted molar refractivity (Wildman–Crippen MR) is 85.0 cm³/mol. The van der Waals surface area contributed by atoms with Gasteiger partial charge in [0.2, 0.25) is 5.43 Å². The molecule has 1 atom stereocenters. The average Bonchev–Trinajstić information content (AvgIpc) is 2.60. The molecule has 0 spiro atoms. The molecule has 26 heavy (non-hydrogen) atoms. The van der Waals surface area contributed by atoms with Crippen LogP contribution in [0.3, 0.4) is 0 Å². The molecule has 3 rings (SSSR count). The highest BCUT2D eigenvalue weighted by atomic mass is 19.4. The summed E-state index contributed by atoms with van der Waals surface area (Å²) in [6, 6.07) is 5.14. The maximum atomic E-state index is 13.7. The van der Waals surface area contributed by atoms with Crippen LogP contribution in [0.15, 0.2) is 53.6 Å². The standard InChI is InChI=1S/C17H11F4N3O2/c18-11-5-3-4-9-13(11)23-8-10(14(9)25)16(26)24-15(17(19,20)21)12-6-1-2-7-22-12/h1-8,15H,(H,23,25)(H,24,26)/t15-/m0/s1. The van der Waals surface area contributed by atoms with Gasteiger partial charge < -0.3 is 10.3 Å². The van der Waals surface area contributed by atoms with Gasteiger partial charge in [-0.2, -0.15) is 13.2 Å². The molecule has 0 bridgehead atoms. The summed E-state index contributed by atoms with van der Waals surface area (Å²) in [5.74, 6) is -1.96. The van der Waals surface area contributed by atoms with E-state index in [9.17, 15) is 27.2 Å². The highest BCUT2D eigenvalue weighted by Crippen LogP contribution is 2.31. The number of carbonyl (C=O) groups is 1. The number of benzene rings is 1. The number of hydrogen-bond donors (Lipinski definition) is 2. The first-order valence-electron chi connectivity index (χ1n) is 7.37. The zero-order valence-corrected chi connectivity index (χ0v) is 13.0. The van der Waals surface area contributed by atoms with E-state index >= 15 is 0 Å². The van der Waals surface area contributed by atoms with Gasteiger partial charge in [-0.1, -0.05) is 12.1 Å². The Balaban J connectivity index is 2.00. The van der Waals surface area contributed by atoms with Crippen LogP contribution >= 0.6 is 0 Å². The fraction of sp³-hybridized carbons (Fsp3) is 0.118. The van der Waals surface area contributed by atoms with Crippen molar-refractivity contribution in [3.63, 3.8) is 0 Å². The second kappa shape index (κ2) is 6.58. The predicted octanol–water partition coefficient (Wildman–Crippen LogP) is 3.10. The number of amides is 1. The summed E-state index contributed by atoms with van der Waals surface area (Å²) in [5.41, 5.74) is -1.99. The minimum atomic E-state index is -4.82. The molecule has 134 valence electrons. The van der Waals surface area contributed by atoms with E-state index in [1.54, 1.807) is 5.32 Å². The average molecular weight is 365 g/mol. The molecule has 0 fully saturated rings. The number of para-hydroxylation sites is 1. The monoisotopic (exact) mass is 365 g/mol. The number of nitrogens with one attached hydrogen (secondary N) is 2. The van der Waals surface area contributed by atoms with E-state index < -0.39 is 40.6 Å². The van der Waals surface area contributed by atoms with Gasteiger partial charge in [-0.25, -0.2) is 4.39 Å². The number of alkyl halides is 3. The molecular formula is C17H11F4N3O2. The topological polar surface area (TPSA) is 74.8 Å². The second-order valence-electron chi connectivity index (χ2n) is 5.40. The Morgan fingerprint density at radius 2 is 1.92 bits per heavy atom. The van der Waals surface area contributed by atoms with Crippen LogP contribution in [0, 0.1) is 5.82 Å². The van der Waals surface area contributed by atoms with Crippen molar-refractivity contribution in [1.82, 2.24) is 15.3 Å². The number of H-pyrrole nitrogens is 1. The zero-order chi connectivity index (χ0) is 18.9. The summed E-state index contributed by atoms with van der Waals surface area (Å²) >= 11 is 0. The number of rotatable bonds is 3. The molecular weight excluding hydrogens is 354 g/mol. The van der Waals surface area contributed by atoms with Crippen molar-refractivity contribution in [3.8, 4) is 0 Å². The first-order chi connectivity index (χ1) is 12.3. The lowest BCUT2D eigenvalue weighted by Gasteiger charge is -2.21. The molecule has 3 aromatic rings. The number of carbonyl (C=O) groups excluding carboxylic acids is 1. The lowest BCUT2D eigenvalue weighted by Crippen LogP contribution is -2.40. The zero-order valence-electron chi connectivity index (χ0n) is 13.0. The van der Waals surface area contributed by atoms with Crippen LogP contribution in [0.2, 0.25) is 0 Å². The number of aromatic amines is 1. The van der Waals surface area contributed by atoms with Crippen molar-refractivity contribution < 1.29 is 22.4 Å². The van der Waals surface area contributed by atoms with E-state index in [2.05, 4.69) is 9.97 Å². The quantitative estimate of drug-likeness (QED) is 0.701. The van der Waals surface area contributed by atoms with Crippen LogP contribution in [0.5, 0.6) is 0 Å². The normalized spacial score (nSPS) is 12.8. The summed E-state index contributed by atoms with van der Waals surface area (Å²) in [5, 5.41) is 1.63. The van der Waals surface area contributed by atoms with Crippen molar-refractivity contribution in [2.45, 2.75) is 12.2 Å². The van der Waals surface area contributed by atoms with Gasteiger partial charge in [-0.3, -0.25) is 14.6 Å². The van der Waals surface area contributed by atoms with E-state index in [1.807, 2.05) is 0 Å². The number of hydrogen-bond acceptors (Lipinski definition) is 3. The number of aromatic nitrogens is 2. The summed E-state index contributed by atoms with van der Waals surface area (Å²) < 4.78 is 53.6. The van der Waals surface area contributed by atoms with Crippen LogP contribution in [0.4, 0.5) is 17.6 Å². The van der Waals surface area contributed by atoms with Crippen LogP contribution in [-0.4, -0.2) is 22.1 Å². The summed E-state index contributed by atoms with van der Waals surface area (Å²) in [6.45, 7) is 0. The lowest BCUT2D eigenvalue weighted by atomic mass is 10.1. The van der Waals surface area contributed by atoms with Crippen molar-refractivity contribution in [3.05, 3.63) is 76.1 Å². The van der Waals surface area contributed by atoms with Crippen molar-refractivity contribution in [1.29, 1.82) is 0 Å². The summed E-state index contributed by atoms with van der Waals surface area (Å²) in [6.07, 6.45) is -2.78. The maximum absolute atomic E-state index is 13.7. The van der Waals surface area contributed by atoms with Gasteiger partial charge >= 0.3 is 6.18 Å². The Morgan fingerprint density at radius 3 is 2.58 bits per heavy atom. The molecule has 9 heteroatoms. The Bertz CT molecular complexity index is 1020. The molecule has 1 amide bonds. The number of nitrogens with zero attached hydrogens (tertiary/aromatic N) is 1. The third kappa shape index (κ3) is 3.28. The Kier molecular flexibility index (Phi) is 4.45. The molecule has 0 aliphatic carbocycles.